The highest BCUT2D eigenvalue weighted by Gasteiger charge is 2.09. The van der Waals surface area contributed by atoms with E-state index in [-0.39, 0.29) is 6.42 Å². The Labute approximate surface area is 103 Å². The summed E-state index contributed by atoms with van der Waals surface area (Å²) in [6.45, 7) is -0.396. The zero-order chi connectivity index (χ0) is 13.0. The van der Waals surface area contributed by atoms with Gasteiger partial charge in [-0.05, 0) is 12.1 Å². The van der Waals surface area contributed by atoms with Crippen LogP contribution in [0.15, 0.2) is 28.7 Å². The molecule has 6 heteroatoms. The zero-order valence-electron chi connectivity index (χ0n) is 9.59. The van der Waals surface area contributed by atoms with Gasteiger partial charge in [0.2, 0.25) is 0 Å². The lowest BCUT2D eigenvalue weighted by atomic mass is 10.3. The first kappa shape index (κ1) is 12.1. The topological polar surface area (TPSA) is 95.4 Å². The molecular weight excluding hydrogens is 236 g/mol. The molecule has 2 rings (SSSR count). The van der Waals surface area contributed by atoms with E-state index in [4.69, 9.17) is 10.2 Å². The Kier molecular flexibility index (Phi) is 3.57. The van der Waals surface area contributed by atoms with Crippen LogP contribution in [-0.2, 0) is 20.7 Å². The van der Waals surface area contributed by atoms with Crippen LogP contribution in [-0.4, -0.2) is 23.5 Å². The molecule has 0 saturated carbocycles. The molecule has 6 nitrogen and oxygen atoms in total. The predicted octanol–water partition coefficient (Wildman–Crippen LogP) is 0.789. The monoisotopic (exact) mass is 248 g/mol. The minimum absolute atomic E-state index is 0.0973. The van der Waals surface area contributed by atoms with Crippen LogP contribution in [0.25, 0.3) is 11.1 Å². The van der Waals surface area contributed by atoms with Crippen molar-refractivity contribution >= 4 is 23.0 Å². The van der Waals surface area contributed by atoms with E-state index in [1.54, 1.807) is 6.07 Å². The fourth-order valence-corrected chi connectivity index (χ4v) is 1.46. The number of esters is 1. The number of aromatic nitrogens is 1. The van der Waals surface area contributed by atoms with E-state index in [9.17, 15) is 9.59 Å². The Bertz CT molecular complexity index is 543. The summed E-state index contributed by atoms with van der Waals surface area (Å²) in [4.78, 5) is 25.9. The van der Waals surface area contributed by atoms with Gasteiger partial charge in [0.05, 0.1) is 6.42 Å². The highest BCUT2D eigenvalue weighted by molar-refractivity contribution is 5.79. The van der Waals surface area contributed by atoms with Gasteiger partial charge in [-0.25, -0.2) is 4.98 Å². The third-order valence-corrected chi connectivity index (χ3v) is 2.26. The van der Waals surface area contributed by atoms with E-state index in [1.165, 1.54) is 0 Å². The smallest absolute Gasteiger partial charge is 0.306 e. The molecule has 18 heavy (non-hydrogen) atoms. The average molecular weight is 248 g/mol. The van der Waals surface area contributed by atoms with Crippen LogP contribution < -0.4 is 5.73 Å². The zero-order valence-corrected chi connectivity index (χ0v) is 9.59. The summed E-state index contributed by atoms with van der Waals surface area (Å²) in [5.74, 6) is -0.714. The molecule has 0 saturated heterocycles. The normalized spacial score (nSPS) is 10.4. The molecule has 0 aliphatic heterocycles. The van der Waals surface area contributed by atoms with Crippen molar-refractivity contribution in [3.63, 3.8) is 0 Å². The minimum atomic E-state index is -0.676. The SMILES string of the molecule is NC(=O)COC(=O)CCc1nc2ccccc2o1. The third kappa shape index (κ3) is 3.07. The second-order valence-corrected chi connectivity index (χ2v) is 3.70. The second kappa shape index (κ2) is 5.31. The van der Waals surface area contributed by atoms with Crippen molar-refractivity contribution < 1.29 is 18.7 Å². The number of oxazole rings is 1. The number of nitrogens with two attached hydrogens (primary N) is 1. The number of hydrogen-bond acceptors (Lipinski definition) is 5. The van der Waals surface area contributed by atoms with Crippen LogP contribution in [0.2, 0.25) is 0 Å². The molecular formula is C12H12N2O4. The minimum Gasteiger partial charge on any atom is -0.456 e. The van der Waals surface area contributed by atoms with Crippen molar-refractivity contribution in [2.45, 2.75) is 12.8 Å². The Morgan fingerprint density at radius 3 is 2.83 bits per heavy atom. The summed E-state index contributed by atoms with van der Waals surface area (Å²) in [7, 11) is 0. The first-order chi connectivity index (χ1) is 8.65. The van der Waals surface area contributed by atoms with E-state index >= 15 is 0 Å². The number of amides is 1. The Morgan fingerprint density at radius 1 is 1.33 bits per heavy atom. The van der Waals surface area contributed by atoms with Gasteiger partial charge in [-0.3, -0.25) is 9.59 Å². The molecule has 1 amide bonds. The van der Waals surface area contributed by atoms with Gasteiger partial charge in [0, 0.05) is 6.42 Å². The molecule has 94 valence electrons. The Hall–Kier alpha value is -2.37. The number of rotatable bonds is 5. The molecule has 0 fully saturated rings. The maximum Gasteiger partial charge on any atom is 0.306 e. The van der Waals surface area contributed by atoms with Crippen molar-refractivity contribution in [2.24, 2.45) is 5.73 Å². The molecule has 2 aromatic rings. The van der Waals surface area contributed by atoms with Gasteiger partial charge < -0.3 is 14.9 Å². The number of carbonyl (C=O) groups is 2. The number of aryl methyl sites for hydroxylation is 1. The Morgan fingerprint density at radius 2 is 2.11 bits per heavy atom. The molecule has 1 aromatic heterocycles. The van der Waals surface area contributed by atoms with Crippen molar-refractivity contribution in [3.05, 3.63) is 30.2 Å². The van der Waals surface area contributed by atoms with Gasteiger partial charge in [0.15, 0.2) is 18.1 Å². The van der Waals surface area contributed by atoms with Gasteiger partial charge in [-0.2, -0.15) is 0 Å². The third-order valence-electron chi connectivity index (χ3n) is 2.26. The molecule has 0 unspecified atom stereocenters. The lowest BCUT2D eigenvalue weighted by Gasteiger charge is -1.99. The number of primary amides is 1. The summed E-state index contributed by atoms with van der Waals surface area (Å²) in [6.07, 6.45) is 0.423. The predicted molar refractivity (Wildman–Crippen MR) is 62.5 cm³/mol. The quantitative estimate of drug-likeness (QED) is 0.789. The number of benzene rings is 1. The fraction of sp³-hybridized carbons (Fsp3) is 0.250. The van der Waals surface area contributed by atoms with Crippen molar-refractivity contribution in [1.82, 2.24) is 4.98 Å². The van der Waals surface area contributed by atoms with Gasteiger partial charge in [-0.15, -0.1) is 0 Å². The average Bonchev–Trinajstić information content (AvgIpc) is 2.76. The first-order valence-electron chi connectivity index (χ1n) is 5.43. The van der Waals surface area contributed by atoms with E-state index in [0.29, 0.717) is 17.9 Å². The number of para-hydroxylation sites is 2. The van der Waals surface area contributed by atoms with E-state index in [1.807, 2.05) is 18.2 Å². The van der Waals surface area contributed by atoms with Crippen LogP contribution in [0, 0.1) is 0 Å². The largest absolute Gasteiger partial charge is 0.456 e. The molecule has 1 heterocycles. The van der Waals surface area contributed by atoms with E-state index in [0.717, 1.165) is 5.52 Å². The number of fused-ring (bicyclic) bond motifs is 1. The van der Waals surface area contributed by atoms with Crippen molar-refractivity contribution in [2.75, 3.05) is 6.61 Å². The lowest BCUT2D eigenvalue weighted by molar-refractivity contribution is -0.147. The second-order valence-electron chi connectivity index (χ2n) is 3.70. The van der Waals surface area contributed by atoms with Crippen LogP contribution >= 0.6 is 0 Å². The molecule has 0 bridgehead atoms. The summed E-state index contributed by atoms with van der Waals surface area (Å²) >= 11 is 0. The first-order valence-corrected chi connectivity index (χ1v) is 5.43. The molecule has 2 N–H and O–H groups in total. The molecule has 1 aromatic carbocycles. The molecule has 0 radical (unpaired) electrons. The van der Waals surface area contributed by atoms with Crippen LogP contribution in [0.1, 0.15) is 12.3 Å². The number of ether oxygens (including phenoxy) is 1. The summed E-state index contributed by atoms with van der Waals surface area (Å²) in [5.41, 5.74) is 6.28. The summed E-state index contributed by atoms with van der Waals surface area (Å²) in [6, 6.07) is 7.33. The summed E-state index contributed by atoms with van der Waals surface area (Å²) < 4.78 is 10.0. The highest BCUT2D eigenvalue weighted by atomic mass is 16.5. The van der Waals surface area contributed by atoms with Crippen LogP contribution in [0.3, 0.4) is 0 Å². The van der Waals surface area contributed by atoms with Gasteiger partial charge in [0.25, 0.3) is 5.91 Å². The van der Waals surface area contributed by atoms with Crippen LogP contribution in [0.5, 0.6) is 0 Å². The van der Waals surface area contributed by atoms with Gasteiger partial charge in [-0.1, -0.05) is 12.1 Å². The van der Waals surface area contributed by atoms with Gasteiger partial charge >= 0.3 is 5.97 Å². The highest BCUT2D eigenvalue weighted by Crippen LogP contribution is 2.15. The number of nitrogens with zero attached hydrogens (tertiary/aromatic N) is 1. The van der Waals surface area contributed by atoms with Crippen molar-refractivity contribution in [1.29, 1.82) is 0 Å². The van der Waals surface area contributed by atoms with Crippen molar-refractivity contribution in [3.8, 4) is 0 Å². The van der Waals surface area contributed by atoms with Crippen LogP contribution in [0.4, 0.5) is 0 Å². The molecule has 0 aliphatic rings. The number of hydrogen-bond donors (Lipinski definition) is 1. The maximum atomic E-state index is 11.2. The fourth-order valence-electron chi connectivity index (χ4n) is 1.46. The molecule has 0 aliphatic carbocycles. The van der Waals surface area contributed by atoms with E-state index in [2.05, 4.69) is 9.72 Å². The maximum absolute atomic E-state index is 11.2. The lowest BCUT2D eigenvalue weighted by Crippen LogP contribution is -2.21. The van der Waals surface area contributed by atoms with Gasteiger partial charge in [0.1, 0.15) is 5.52 Å². The van der Waals surface area contributed by atoms with E-state index < -0.39 is 18.5 Å². The molecule has 0 atom stereocenters. The standard InChI is InChI=1S/C12H12N2O4/c13-10(15)7-17-12(16)6-5-11-14-8-3-1-2-4-9(8)18-11/h1-4H,5-7H2,(H2,13,15). The molecule has 0 spiro atoms. The summed E-state index contributed by atoms with van der Waals surface area (Å²) in [5, 5.41) is 0. The number of carbonyl (C=O) groups excluding carboxylic acids is 2. The Balaban J connectivity index is 1.90.